The van der Waals surface area contributed by atoms with E-state index in [1.54, 1.807) is 19.1 Å². The van der Waals surface area contributed by atoms with Crippen molar-refractivity contribution < 1.29 is 19.0 Å². The molecule has 1 heterocycles. The summed E-state index contributed by atoms with van der Waals surface area (Å²) in [4.78, 5) is 17.7. The molecule has 0 aromatic heterocycles. The van der Waals surface area contributed by atoms with Crippen LogP contribution < -0.4 is 10.6 Å². The van der Waals surface area contributed by atoms with E-state index in [4.69, 9.17) is 14.2 Å². The second-order valence-corrected chi connectivity index (χ2v) is 5.92. The van der Waals surface area contributed by atoms with Gasteiger partial charge in [-0.1, -0.05) is 0 Å². The number of methoxy groups -OCH3 is 1. The fourth-order valence-electron chi connectivity index (χ4n) is 2.59. The normalized spacial score (nSPS) is 16.0. The van der Waals surface area contributed by atoms with Gasteiger partial charge in [0.15, 0.2) is 5.96 Å². The third-order valence-electron chi connectivity index (χ3n) is 4.03. The Kier molecular flexibility index (Phi) is 11.8. The summed E-state index contributed by atoms with van der Waals surface area (Å²) in [6.07, 6.45) is 3.61. The first-order valence-corrected chi connectivity index (χ1v) is 9.16. The van der Waals surface area contributed by atoms with E-state index in [1.807, 2.05) is 6.92 Å². The van der Waals surface area contributed by atoms with Crippen LogP contribution in [0, 0.1) is 0 Å². The molecule has 1 fully saturated rings. The number of hydrogen-bond donors (Lipinski definition) is 2. The highest BCUT2D eigenvalue weighted by atomic mass is 16.6. The zero-order chi connectivity index (χ0) is 18.3. The Morgan fingerprint density at radius 3 is 2.60 bits per heavy atom. The molecule has 1 rings (SSSR count). The average Bonchev–Trinajstić information content (AvgIpc) is 2.63. The lowest BCUT2D eigenvalue weighted by Crippen LogP contribution is -2.50. The number of rotatable bonds is 10. The number of unbranched alkanes of at least 4 members (excludes halogenated alkanes) is 1. The number of carbonyl (C=O) groups excluding carboxylic acids is 1. The Bertz CT molecular complexity index is 385. The lowest BCUT2D eigenvalue weighted by molar-refractivity contribution is 0.0689. The van der Waals surface area contributed by atoms with Crippen LogP contribution in [0.15, 0.2) is 4.99 Å². The zero-order valence-electron chi connectivity index (χ0n) is 15.9. The molecule has 0 aromatic rings. The Hall–Kier alpha value is -1.54. The molecule has 8 heteroatoms. The maximum Gasteiger partial charge on any atom is 0.409 e. The van der Waals surface area contributed by atoms with Crippen molar-refractivity contribution in [3.8, 4) is 0 Å². The van der Waals surface area contributed by atoms with Crippen molar-refractivity contribution in [1.29, 1.82) is 0 Å². The number of likely N-dealkylation sites (tertiary alicyclic amines) is 1. The molecule has 8 nitrogen and oxygen atoms in total. The molecule has 25 heavy (non-hydrogen) atoms. The fraction of sp³-hybridized carbons (Fsp3) is 0.882. The van der Waals surface area contributed by atoms with Gasteiger partial charge < -0.3 is 29.7 Å². The predicted octanol–water partition coefficient (Wildman–Crippen LogP) is 1.22. The molecule has 146 valence electrons. The van der Waals surface area contributed by atoms with Gasteiger partial charge in [-0.3, -0.25) is 4.99 Å². The summed E-state index contributed by atoms with van der Waals surface area (Å²) in [5.74, 6) is 0.815. The molecule has 0 aliphatic carbocycles. The number of amides is 1. The van der Waals surface area contributed by atoms with E-state index in [-0.39, 0.29) is 6.09 Å². The van der Waals surface area contributed by atoms with Gasteiger partial charge in [0.05, 0.1) is 19.8 Å². The molecule has 0 radical (unpaired) electrons. The average molecular weight is 358 g/mol. The summed E-state index contributed by atoms with van der Waals surface area (Å²) in [6, 6.07) is 0.328. The second kappa shape index (κ2) is 13.7. The largest absolute Gasteiger partial charge is 0.450 e. The molecule has 1 aliphatic heterocycles. The topological polar surface area (TPSA) is 84.4 Å². The van der Waals surface area contributed by atoms with Crippen LogP contribution in [-0.4, -0.2) is 83.2 Å². The highest BCUT2D eigenvalue weighted by Gasteiger charge is 2.23. The predicted molar refractivity (Wildman–Crippen MR) is 98.0 cm³/mol. The second-order valence-electron chi connectivity index (χ2n) is 5.92. The van der Waals surface area contributed by atoms with Gasteiger partial charge in [0.2, 0.25) is 0 Å². The third kappa shape index (κ3) is 9.50. The van der Waals surface area contributed by atoms with Crippen molar-refractivity contribution >= 4 is 12.1 Å². The van der Waals surface area contributed by atoms with Gasteiger partial charge in [-0.25, -0.2) is 4.79 Å². The van der Waals surface area contributed by atoms with E-state index in [0.29, 0.717) is 39.0 Å². The van der Waals surface area contributed by atoms with Crippen LogP contribution in [-0.2, 0) is 14.2 Å². The molecule has 0 atom stereocenters. The van der Waals surface area contributed by atoms with Gasteiger partial charge in [0.1, 0.15) is 0 Å². The van der Waals surface area contributed by atoms with Gasteiger partial charge in [0, 0.05) is 46.4 Å². The molecule has 1 amide bonds. The lowest BCUT2D eigenvalue weighted by Gasteiger charge is -2.32. The standard InChI is InChI=1S/C17H34N4O4/c1-4-25-17(22)21-10-7-15(8-11-21)20-16(18-2)19-9-5-6-12-24-14-13-23-3/h15H,4-14H2,1-3H3,(H2,18,19,20). The molecular formula is C17H34N4O4. The van der Waals surface area contributed by atoms with Gasteiger partial charge in [0.25, 0.3) is 0 Å². The number of nitrogens with zero attached hydrogens (tertiary/aromatic N) is 2. The first-order chi connectivity index (χ1) is 12.2. The van der Waals surface area contributed by atoms with E-state index in [2.05, 4.69) is 15.6 Å². The molecular weight excluding hydrogens is 324 g/mol. The van der Waals surface area contributed by atoms with Crippen LogP contribution in [0.4, 0.5) is 4.79 Å². The molecule has 0 bridgehead atoms. The molecule has 2 N–H and O–H groups in total. The Balaban J connectivity index is 2.11. The molecule has 0 aromatic carbocycles. The van der Waals surface area contributed by atoms with E-state index in [9.17, 15) is 4.79 Å². The lowest BCUT2D eigenvalue weighted by atomic mass is 10.1. The van der Waals surface area contributed by atoms with Crippen molar-refractivity contribution in [3.05, 3.63) is 0 Å². The van der Waals surface area contributed by atoms with E-state index in [1.165, 1.54) is 0 Å². The maximum atomic E-state index is 11.7. The fourth-order valence-corrected chi connectivity index (χ4v) is 2.59. The summed E-state index contributed by atoms with van der Waals surface area (Å²) >= 11 is 0. The van der Waals surface area contributed by atoms with Crippen LogP contribution in [0.25, 0.3) is 0 Å². The van der Waals surface area contributed by atoms with Crippen molar-refractivity contribution in [2.45, 2.75) is 38.6 Å². The van der Waals surface area contributed by atoms with Crippen molar-refractivity contribution in [1.82, 2.24) is 15.5 Å². The van der Waals surface area contributed by atoms with Gasteiger partial charge in [-0.2, -0.15) is 0 Å². The quantitative estimate of drug-likeness (QED) is 0.347. The SMILES string of the molecule is CCOC(=O)N1CCC(NC(=NC)NCCCCOCCOC)CC1. The molecule has 1 saturated heterocycles. The van der Waals surface area contributed by atoms with E-state index >= 15 is 0 Å². The summed E-state index contributed by atoms with van der Waals surface area (Å²) in [5.41, 5.74) is 0. The number of ether oxygens (including phenoxy) is 3. The van der Waals surface area contributed by atoms with Crippen molar-refractivity contribution in [3.63, 3.8) is 0 Å². The first-order valence-electron chi connectivity index (χ1n) is 9.16. The zero-order valence-corrected chi connectivity index (χ0v) is 15.9. The monoisotopic (exact) mass is 358 g/mol. The van der Waals surface area contributed by atoms with Gasteiger partial charge in [-0.05, 0) is 32.6 Å². The van der Waals surface area contributed by atoms with Crippen molar-refractivity contribution in [2.75, 3.05) is 60.2 Å². The first kappa shape index (κ1) is 21.5. The minimum absolute atomic E-state index is 0.212. The minimum Gasteiger partial charge on any atom is -0.450 e. The van der Waals surface area contributed by atoms with Crippen LogP contribution in [0.2, 0.25) is 0 Å². The van der Waals surface area contributed by atoms with Gasteiger partial charge >= 0.3 is 6.09 Å². The van der Waals surface area contributed by atoms with E-state index < -0.39 is 0 Å². The van der Waals surface area contributed by atoms with Crippen LogP contribution >= 0.6 is 0 Å². The van der Waals surface area contributed by atoms with Crippen LogP contribution in [0.3, 0.4) is 0 Å². The minimum atomic E-state index is -0.212. The molecule has 0 spiro atoms. The van der Waals surface area contributed by atoms with Crippen molar-refractivity contribution in [2.24, 2.45) is 4.99 Å². The summed E-state index contributed by atoms with van der Waals surface area (Å²) in [6.45, 7) is 6.58. The number of hydrogen-bond acceptors (Lipinski definition) is 5. The Morgan fingerprint density at radius 2 is 1.96 bits per heavy atom. The summed E-state index contributed by atoms with van der Waals surface area (Å²) in [7, 11) is 3.45. The van der Waals surface area contributed by atoms with Gasteiger partial charge in [-0.15, -0.1) is 0 Å². The number of nitrogens with one attached hydrogen (secondary N) is 2. The Morgan fingerprint density at radius 1 is 1.20 bits per heavy atom. The molecule has 0 saturated carbocycles. The molecule has 0 unspecified atom stereocenters. The van der Waals surface area contributed by atoms with Crippen LogP contribution in [0.5, 0.6) is 0 Å². The maximum absolute atomic E-state index is 11.7. The Labute approximate surface area is 151 Å². The summed E-state index contributed by atoms with van der Waals surface area (Å²) < 4.78 is 15.4. The highest BCUT2D eigenvalue weighted by Crippen LogP contribution is 2.11. The van der Waals surface area contributed by atoms with Crippen LogP contribution in [0.1, 0.15) is 32.6 Å². The summed E-state index contributed by atoms with van der Waals surface area (Å²) in [5, 5.41) is 6.75. The van der Waals surface area contributed by atoms with E-state index in [0.717, 1.165) is 44.8 Å². The number of piperidine rings is 1. The number of aliphatic imine (C=N–C) groups is 1. The molecule has 1 aliphatic rings. The third-order valence-corrected chi connectivity index (χ3v) is 4.03. The smallest absolute Gasteiger partial charge is 0.409 e. The highest BCUT2D eigenvalue weighted by molar-refractivity contribution is 5.80. The number of guanidine groups is 1. The number of carbonyl (C=O) groups is 1.